The highest BCUT2D eigenvalue weighted by atomic mass is 32.1. The van der Waals surface area contributed by atoms with Crippen LogP contribution in [0.15, 0.2) is 54.6 Å². The van der Waals surface area contributed by atoms with Gasteiger partial charge in [-0.25, -0.2) is 14.2 Å². The molecule has 0 spiro atoms. The van der Waals surface area contributed by atoms with Crippen molar-refractivity contribution >= 4 is 33.2 Å². The van der Waals surface area contributed by atoms with Crippen LogP contribution in [-0.4, -0.2) is 51.3 Å². The summed E-state index contributed by atoms with van der Waals surface area (Å²) in [6.07, 6.45) is 4.22. The lowest BCUT2D eigenvalue weighted by atomic mass is 9.99. The van der Waals surface area contributed by atoms with Gasteiger partial charge in [0.05, 0.1) is 30.8 Å². The Morgan fingerprint density at radius 1 is 1.27 bits per heavy atom. The minimum atomic E-state index is -0.930. The first-order valence-electron chi connectivity index (χ1n) is 13.1. The van der Waals surface area contributed by atoms with Crippen LogP contribution < -0.4 is 4.74 Å². The number of hydrogen-bond acceptors (Lipinski definition) is 7. The van der Waals surface area contributed by atoms with Gasteiger partial charge in [-0.05, 0) is 54.3 Å². The van der Waals surface area contributed by atoms with Gasteiger partial charge in [-0.1, -0.05) is 24.3 Å². The first kappa shape index (κ1) is 26.2. The minimum Gasteiger partial charge on any atom is -0.489 e. The minimum absolute atomic E-state index is 0.0811. The number of nitriles is 1. The number of carboxylic acids is 1. The number of nitrogens with zero attached hydrogens (tertiary/aromatic N) is 4. The number of rotatable bonds is 9. The molecule has 1 saturated heterocycles. The Morgan fingerprint density at radius 2 is 2.15 bits per heavy atom. The monoisotopic (exact) mass is 558 g/mol. The third kappa shape index (κ3) is 5.49. The summed E-state index contributed by atoms with van der Waals surface area (Å²) in [7, 11) is 0. The molecule has 2 aromatic heterocycles. The van der Waals surface area contributed by atoms with Crippen molar-refractivity contribution in [3.8, 4) is 11.8 Å². The van der Waals surface area contributed by atoms with Crippen LogP contribution in [0.25, 0.3) is 15.9 Å². The Morgan fingerprint density at radius 3 is 2.85 bits per heavy atom. The lowest BCUT2D eigenvalue weighted by Gasteiger charge is -2.29. The quantitative estimate of drug-likeness (QED) is 0.291. The molecule has 4 aromatic rings. The highest BCUT2D eigenvalue weighted by Gasteiger charge is 2.25. The second-order valence-corrected chi connectivity index (χ2v) is 11.0. The zero-order chi connectivity index (χ0) is 27.6. The molecule has 0 saturated carbocycles. The molecule has 4 heterocycles. The molecule has 0 radical (unpaired) electrons. The van der Waals surface area contributed by atoms with Crippen LogP contribution in [0.2, 0.25) is 0 Å². The molecule has 40 heavy (non-hydrogen) atoms. The number of imidazole rings is 1. The van der Waals surface area contributed by atoms with Crippen molar-refractivity contribution in [2.45, 2.75) is 38.6 Å². The summed E-state index contributed by atoms with van der Waals surface area (Å²) >= 11 is 1.26. The van der Waals surface area contributed by atoms with E-state index in [0.29, 0.717) is 29.3 Å². The number of aromatic nitrogens is 2. The molecule has 1 fully saturated rings. The fourth-order valence-corrected chi connectivity index (χ4v) is 5.97. The molecule has 1 atom stereocenters. The van der Waals surface area contributed by atoms with Crippen LogP contribution in [0.1, 0.15) is 45.0 Å². The number of carboxylic acid groups (broad SMARTS) is 1. The molecule has 0 aliphatic carbocycles. The zero-order valence-corrected chi connectivity index (χ0v) is 22.5. The SMILES string of the molecule is N#Cc1ccc(COc2cccc(C3=CCN(Cc4nc5cc(C(=O)O)sc5n4CC4CCO4)CC3)c2)c(F)c1. The molecule has 6 rings (SSSR count). The van der Waals surface area contributed by atoms with Crippen LogP contribution in [0.3, 0.4) is 0 Å². The van der Waals surface area contributed by atoms with E-state index >= 15 is 0 Å². The van der Waals surface area contributed by atoms with E-state index in [1.54, 1.807) is 18.2 Å². The summed E-state index contributed by atoms with van der Waals surface area (Å²) in [5.41, 5.74) is 3.71. The van der Waals surface area contributed by atoms with Crippen LogP contribution in [0.4, 0.5) is 4.39 Å². The second-order valence-electron chi connectivity index (χ2n) is 9.98. The molecule has 10 heteroatoms. The van der Waals surface area contributed by atoms with Crippen molar-refractivity contribution < 1.29 is 23.8 Å². The van der Waals surface area contributed by atoms with Gasteiger partial charge in [-0.15, -0.1) is 11.3 Å². The Hall–Kier alpha value is -4.04. The normalized spacial score (nSPS) is 17.3. The lowest BCUT2D eigenvalue weighted by Crippen LogP contribution is -2.33. The zero-order valence-electron chi connectivity index (χ0n) is 21.7. The van der Waals surface area contributed by atoms with Gasteiger partial charge in [0.25, 0.3) is 0 Å². The lowest BCUT2D eigenvalue weighted by molar-refractivity contribution is -0.0591. The summed E-state index contributed by atoms with van der Waals surface area (Å²) in [4.78, 5) is 19.8. The summed E-state index contributed by atoms with van der Waals surface area (Å²) in [6, 6.07) is 15.8. The van der Waals surface area contributed by atoms with Gasteiger partial charge in [0.1, 0.15) is 39.2 Å². The number of ether oxygens (including phenoxy) is 2. The molecule has 2 aliphatic heterocycles. The fraction of sp³-hybridized carbons (Fsp3) is 0.300. The van der Waals surface area contributed by atoms with E-state index in [1.165, 1.54) is 23.0 Å². The molecular weight excluding hydrogens is 531 g/mol. The summed E-state index contributed by atoms with van der Waals surface area (Å²) in [5, 5.41) is 18.3. The molecule has 8 nitrogen and oxygen atoms in total. The first-order valence-corrected chi connectivity index (χ1v) is 14.0. The molecule has 1 unspecified atom stereocenters. The van der Waals surface area contributed by atoms with Crippen molar-refractivity contribution in [3.05, 3.63) is 87.8 Å². The average Bonchev–Trinajstić information content (AvgIpc) is 3.49. The van der Waals surface area contributed by atoms with Crippen LogP contribution in [0.5, 0.6) is 5.75 Å². The average molecular weight is 559 g/mol. The van der Waals surface area contributed by atoms with E-state index in [1.807, 2.05) is 24.3 Å². The van der Waals surface area contributed by atoms with Crippen LogP contribution >= 0.6 is 11.3 Å². The standard InChI is InChI=1S/C30H27FN4O4S/c31-25-12-19(15-32)4-5-22(25)18-39-23-3-1-2-21(13-23)20-6-9-34(10-7-20)17-28-33-26-14-27(30(36)37)40-29(26)35(28)16-24-8-11-38-24/h1-6,12-14,24H,7-11,16-18H2,(H,36,37). The molecule has 0 amide bonds. The fourth-order valence-electron chi connectivity index (χ4n) is 5.01. The first-order chi connectivity index (χ1) is 19.5. The Balaban J connectivity index is 1.12. The van der Waals surface area contributed by atoms with Crippen molar-refractivity contribution in [3.63, 3.8) is 0 Å². The number of benzene rings is 2. The third-order valence-corrected chi connectivity index (χ3v) is 8.47. The maximum atomic E-state index is 14.2. The molecular formula is C30H27FN4O4S. The van der Waals surface area contributed by atoms with Gasteiger partial charge in [-0.2, -0.15) is 5.26 Å². The summed E-state index contributed by atoms with van der Waals surface area (Å²) in [6.45, 7) is 3.81. The Kier molecular flexibility index (Phi) is 7.34. The van der Waals surface area contributed by atoms with Gasteiger partial charge >= 0.3 is 5.97 Å². The van der Waals surface area contributed by atoms with E-state index < -0.39 is 11.8 Å². The predicted octanol–water partition coefficient (Wildman–Crippen LogP) is 5.46. The highest BCUT2D eigenvalue weighted by molar-refractivity contribution is 7.20. The number of halogens is 1. The van der Waals surface area contributed by atoms with E-state index in [9.17, 15) is 14.3 Å². The Bertz CT molecular complexity index is 1650. The molecule has 204 valence electrons. The number of carbonyl (C=O) groups is 1. The Labute approximate surface area is 234 Å². The maximum Gasteiger partial charge on any atom is 0.346 e. The molecule has 2 aromatic carbocycles. The number of hydrogen-bond donors (Lipinski definition) is 1. The molecule has 1 N–H and O–H groups in total. The summed E-state index contributed by atoms with van der Waals surface area (Å²) in [5.74, 6) is 0.204. The number of aromatic carboxylic acids is 1. The maximum absolute atomic E-state index is 14.2. The smallest absolute Gasteiger partial charge is 0.346 e. The van der Waals surface area contributed by atoms with Crippen LogP contribution in [-0.2, 0) is 24.4 Å². The van der Waals surface area contributed by atoms with Crippen molar-refractivity contribution in [2.24, 2.45) is 0 Å². The topological polar surface area (TPSA) is 101 Å². The van der Waals surface area contributed by atoms with Crippen molar-refractivity contribution in [1.82, 2.24) is 14.5 Å². The van der Waals surface area contributed by atoms with E-state index in [2.05, 4.69) is 21.6 Å². The van der Waals surface area contributed by atoms with Crippen molar-refractivity contribution in [2.75, 3.05) is 19.7 Å². The van der Waals surface area contributed by atoms with Gasteiger partial charge in [0.2, 0.25) is 0 Å². The third-order valence-electron chi connectivity index (χ3n) is 7.33. The van der Waals surface area contributed by atoms with Gasteiger partial charge in [-0.3, -0.25) is 4.90 Å². The highest BCUT2D eigenvalue weighted by Crippen LogP contribution is 2.31. The van der Waals surface area contributed by atoms with Gasteiger partial charge in [0.15, 0.2) is 0 Å². The number of thiophene rings is 1. The van der Waals surface area contributed by atoms with E-state index in [-0.39, 0.29) is 18.3 Å². The summed E-state index contributed by atoms with van der Waals surface area (Å²) < 4.78 is 27.9. The van der Waals surface area contributed by atoms with Crippen LogP contribution in [0, 0.1) is 17.1 Å². The number of fused-ring (bicyclic) bond motifs is 1. The van der Waals surface area contributed by atoms with Crippen molar-refractivity contribution in [1.29, 1.82) is 5.26 Å². The molecule has 2 aliphatic rings. The van der Waals surface area contributed by atoms with E-state index in [0.717, 1.165) is 54.3 Å². The predicted molar refractivity (Wildman–Crippen MR) is 149 cm³/mol. The van der Waals surface area contributed by atoms with E-state index in [4.69, 9.17) is 19.7 Å². The largest absolute Gasteiger partial charge is 0.489 e. The second kappa shape index (κ2) is 11.2. The van der Waals surface area contributed by atoms with Gasteiger partial charge < -0.3 is 19.1 Å². The van der Waals surface area contributed by atoms with Gasteiger partial charge in [0, 0.05) is 25.3 Å². The molecule has 0 bridgehead atoms.